The van der Waals surface area contributed by atoms with Crippen molar-refractivity contribution < 1.29 is 0 Å². The van der Waals surface area contributed by atoms with E-state index in [0.717, 1.165) is 78.2 Å². The summed E-state index contributed by atoms with van der Waals surface area (Å²) in [6.45, 7) is 0. The predicted octanol–water partition coefficient (Wildman–Crippen LogP) is 8.45. The van der Waals surface area contributed by atoms with E-state index in [0.29, 0.717) is 20.1 Å². The predicted molar refractivity (Wildman–Crippen MR) is 175 cm³/mol. The van der Waals surface area contributed by atoms with Crippen LogP contribution in [0, 0.1) is 0 Å². The van der Waals surface area contributed by atoms with Gasteiger partial charge in [-0.2, -0.15) is 0 Å². The molecule has 0 aliphatic rings. The van der Waals surface area contributed by atoms with Gasteiger partial charge >= 0.3 is 0 Å². The Kier molecular flexibility index (Phi) is 10.5. The molecule has 0 unspecified atom stereocenters. The van der Waals surface area contributed by atoms with Gasteiger partial charge in [0.1, 0.15) is 0 Å². The standard InChI is InChI=1S/C31H28B2Cl4N2/c34-24-10-1-6-20(16-24)28(21-7-2-11-25(35)17-21)30(38)32-14-5-15-33-31(39)29(22-8-3-12-26(36)18-22)23-9-4-13-27(37)19-23/h1-4,6-13,16-19,32-33H,5,14-15,38-39H2. The van der Waals surface area contributed by atoms with Gasteiger partial charge in [0, 0.05) is 20.1 Å². The van der Waals surface area contributed by atoms with Gasteiger partial charge in [0.15, 0.2) is 14.6 Å². The van der Waals surface area contributed by atoms with Gasteiger partial charge in [-0.1, -0.05) is 114 Å². The van der Waals surface area contributed by atoms with Crippen LogP contribution in [0.25, 0.3) is 11.1 Å². The molecule has 0 spiro atoms. The second-order valence-corrected chi connectivity index (χ2v) is 11.1. The SMILES string of the molecule is NC(BCCCBC(N)=C(c1cccc(Cl)c1)c1cccc(Cl)c1)=C(c1cccc(Cl)c1)c1cccc(Cl)c1. The lowest BCUT2D eigenvalue weighted by Crippen LogP contribution is -2.13. The second-order valence-electron chi connectivity index (χ2n) is 9.40. The van der Waals surface area contributed by atoms with Gasteiger partial charge in [-0.25, -0.2) is 0 Å². The van der Waals surface area contributed by atoms with Crippen molar-refractivity contribution in [2.24, 2.45) is 11.5 Å². The monoisotopic (exact) mass is 590 g/mol. The lowest BCUT2D eigenvalue weighted by Gasteiger charge is -2.15. The molecule has 8 heteroatoms. The summed E-state index contributed by atoms with van der Waals surface area (Å²) in [6.07, 6.45) is 2.82. The van der Waals surface area contributed by atoms with E-state index in [-0.39, 0.29) is 0 Å². The quantitative estimate of drug-likeness (QED) is 0.144. The van der Waals surface area contributed by atoms with Crippen LogP contribution in [0.4, 0.5) is 0 Å². The van der Waals surface area contributed by atoms with Gasteiger partial charge in [-0.05, 0) is 93.1 Å². The lowest BCUT2D eigenvalue weighted by molar-refractivity contribution is 1.06. The molecule has 0 atom stereocenters. The molecule has 0 saturated heterocycles. The average Bonchev–Trinajstić information content (AvgIpc) is 2.89. The Morgan fingerprint density at radius 2 is 0.769 bits per heavy atom. The van der Waals surface area contributed by atoms with Gasteiger partial charge in [-0.15, -0.1) is 0 Å². The van der Waals surface area contributed by atoms with Crippen LogP contribution in [0.2, 0.25) is 32.7 Å². The summed E-state index contributed by atoms with van der Waals surface area (Å²) >= 11 is 25.2. The van der Waals surface area contributed by atoms with Crippen molar-refractivity contribution in [1.29, 1.82) is 0 Å². The third-order valence-electron chi connectivity index (χ3n) is 6.49. The molecular weight excluding hydrogens is 564 g/mol. The number of nitrogens with two attached hydrogens (primary N) is 2. The molecule has 4 N–H and O–H groups in total. The Morgan fingerprint density at radius 3 is 1.03 bits per heavy atom. The summed E-state index contributed by atoms with van der Waals surface area (Å²) in [5.74, 6) is 0. The molecule has 0 amide bonds. The maximum Gasteiger partial charge on any atom is 0.179 e. The molecule has 196 valence electrons. The Labute approximate surface area is 252 Å². The Bertz CT molecular complexity index is 1310. The highest BCUT2D eigenvalue weighted by molar-refractivity contribution is 6.49. The molecule has 0 aliphatic carbocycles. The van der Waals surface area contributed by atoms with Crippen molar-refractivity contribution in [3.63, 3.8) is 0 Å². The van der Waals surface area contributed by atoms with Crippen molar-refractivity contribution in [2.45, 2.75) is 19.1 Å². The molecular formula is C31H28B2Cl4N2. The zero-order valence-corrected chi connectivity index (χ0v) is 24.5. The molecule has 0 heterocycles. The molecule has 2 nitrogen and oxygen atoms in total. The van der Waals surface area contributed by atoms with Crippen LogP contribution in [0.5, 0.6) is 0 Å². The van der Waals surface area contributed by atoms with E-state index in [1.807, 2.05) is 97.1 Å². The summed E-state index contributed by atoms with van der Waals surface area (Å²) in [5.41, 5.74) is 20.8. The van der Waals surface area contributed by atoms with Crippen LogP contribution in [0.3, 0.4) is 0 Å². The third kappa shape index (κ3) is 8.13. The molecule has 0 aliphatic heterocycles. The van der Waals surface area contributed by atoms with Crippen LogP contribution in [-0.2, 0) is 0 Å². The van der Waals surface area contributed by atoms with Crippen molar-refractivity contribution in [2.75, 3.05) is 0 Å². The van der Waals surface area contributed by atoms with Crippen LogP contribution < -0.4 is 11.5 Å². The van der Waals surface area contributed by atoms with E-state index in [2.05, 4.69) is 0 Å². The summed E-state index contributed by atoms with van der Waals surface area (Å²) in [4.78, 5) is 0. The van der Waals surface area contributed by atoms with E-state index >= 15 is 0 Å². The van der Waals surface area contributed by atoms with E-state index < -0.39 is 0 Å². The first-order valence-corrected chi connectivity index (χ1v) is 14.3. The highest BCUT2D eigenvalue weighted by atomic mass is 35.5. The van der Waals surface area contributed by atoms with E-state index in [1.54, 1.807) is 0 Å². The number of halogens is 4. The van der Waals surface area contributed by atoms with Crippen LogP contribution in [-0.4, -0.2) is 14.6 Å². The highest BCUT2D eigenvalue weighted by Crippen LogP contribution is 2.30. The van der Waals surface area contributed by atoms with Crippen molar-refractivity contribution >= 4 is 72.1 Å². The van der Waals surface area contributed by atoms with Crippen molar-refractivity contribution in [3.8, 4) is 0 Å². The normalized spacial score (nSPS) is 10.6. The maximum absolute atomic E-state index is 6.69. The van der Waals surface area contributed by atoms with Crippen LogP contribution >= 0.6 is 46.4 Å². The minimum atomic E-state index is 0.664. The van der Waals surface area contributed by atoms with E-state index in [9.17, 15) is 0 Å². The third-order valence-corrected chi connectivity index (χ3v) is 7.43. The Morgan fingerprint density at radius 1 is 0.487 bits per heavy atom. The van der Waals surface area contributed by atoms with Crippen molar-refractivity contribution in [1.82, 2.24) is 0 Å². The van der Waals surface area contributed by atoms with Gasteiger partial charge in [-0.3, -0.25) is 0 Å². The molecule has 0 radical (unpaired) electrons. The first-order chi connectivity index (χ1) is 18.8. The molecule has 39 heavy (non-hydrogen) atoms. The summed E-state index contributed by atoms with van der Waals surface area (Å²) in [5, 5.41) is 2.66. The lowest BCUT2D eigenvalue weighted by atomic mass is 9.61. The maximum atomic E-state index is 6.69. The molecule has 4 aromatic rings. The fourth-order valence-electron chi connectivity index (χ4n) is 4.71. The smallest absolute Gasteiger partial charge is 0.179 e. The van der Waals surface area contributed by atoms with Gasteiger partial charge in [0.2, 0.25) is 0 Å². The average molecular weight is 592 g/mol. The molecule has 0 bridgehead atoms. The number of hydrogen-bond donors (Lipinski definition) is 2. The summed E-state index contributed by atoms with van der Waals surface area (Å²) in [6, 6.07) is 31.0. The van der Waals surface area contributed by atoms with Gasteiger partial charge in [0.05, 0.1) is 0 Å². The minimum Gasteiger partial charge on any atom is -0.409 e. The number of rotatable bonds is 10. The number of benzene rings is 4. The van der Waals surface area contributed by atoms with Crippen LogP contribution in [0.15, 0.2) is 108 Å². The van der Waals surface area contributed by atoms with Gasteiger partial charge in [0.25, 0.3) is 0 Å². The van der Waals surface area contributed by atoms with Gasteiger partial charge < -0.3 is 11.5 Å². The zero-order chi connectivity index (χ0) is 27.8. The largest absolute Gasteiger partial charge is 0.409 e. The van der Waals surface area contributed by atoms with E-state index in [4.69, 9.17) is 57.9 Å². The fourth-order valence-corrected chi connectivity index (χ4v) is 5.47. The topological polar surface area (TPSA) is 52.0 Å². The fraction of sp³-hybridized carbons (Fsp3) is 0.0968. The first-order valence-electron chi connectivity index (χ1n) is 12.8. The molecule has 0 fully saturated rings. The van der Waals surface area contributed by atoms with Crippen LogP contribution in [0.1, 0.15) is 28.7 Å². The Balaban J connectivity index is 1.50. The minimum absolute atomic E-state index is 0.664. The number of hydrogen-bond acceptors (Lipinski definition) is 2. The Hall–Kier alpha value is -2.75. The second kappa shape index (κ2) is 14.1. The zero-order valence-electron chi connectivity index (χ0n) is 21.4. The summed E-state index contributed by atoms with van der Waals surface area (Å²) in [7, 11) is 1.49. The first kappa shape index (κ1) is 29.2. The molecule has 4 aromatic carbocycles. The molecule has 4 rings (SSSR count). The molecule has 0 aromatic heterocycles. The summed E-state index contributed by atoms with van der Waals surface area (Å²) < 4.78 is 0. The molecule has 0 saturated carbocycles. The van der Waals surface area contributed by atoms with E-state index in [1.165, 1.54) is 0 Å². The van der Waals surface area contributed by atoms with Crippen molar-refractivity contribution in [3.05, 3.63) is 151 Å². The highest BCUT2D eigenvalue weighted by Gasteiger charge is 2.14.